The first-order chi connectivity index (χ1) is 9.80. The third kappa shape index (κ3) is 3.39. The topological polar surface area (TPSA) is 29.1 Å². The summed E-state index contributed by atoms with van der Waals surface area (Å²) in [4.78, 5) is 12.4. The van der Waals surface area contributed by atoms with Gasteiger partial charge < -0.3 is 5.32 Å². The highest BCUT2D eigenvalue weighted by molar-refractivity contribution is 6.30. The zero-order valence-corrected chi connectivity index (χ0v) is 12.3. The van der Waals surface area contributed by atoms with Gasteiger partial charge in [-0.2, -0.15) is 0 Å². The second-order valence-corrected chi connectivity index (χ2v) is 5.65. The van der Waals surface area contributed by atoms with E-state index in [1.807, 2.05) is 0 Å². The van der Waals surface area contributed by atoms with Crippen LogP contribution in [-0.4, -0.2) is 5.91 Å². The zero-order chi connectivity index (χ0) is 15.6. The Morgan fingerprint density at radius 2 is 1.67 bits per heavy atom. The van der Waals surface area contributed by atoms with Gasteiger partial charge in [-0.05, 0) is 43.7 Å². The Labute approximate surface area is 126 Å². The smallest absolute Gasteiger partial charge is 0.234 e. The van der Waals surface area contributed by atoms with Crippen LogP contribution in [0.15, 0.2) is 42.5 Å². The Kier molecular flexibility index (Phi) is 4.28. The van der Waals surface area contributed by atoms with E-state index in [1.165, 1.54) is 6.07 Å². The van der Waals surface area contributed by atoms with Gasteiger partial charge in [-0.3, -0.25) is 4.79 Å². The van der Waals surface area contributed by atoms with Gasteiger partial charge in [0.1, 0.15) is 0 Å². The van der Waals surface area contributed by atoms with Crippen LogP contribution in [0.3, 0.4) is 0 Å². The number of hydrogen-bond donors (Lipinski definition) is 1. The fourth-order valence-corrected chi connectivity index (χ4v) is 1.98. The lowest BCUT2D eigenvalue weighted by atomic mass is 9.83. The standard InChI is InChI=1S/C16H14ClF2NO/c1-16(2,10-3-5-11(17)6-4-10)15(21)20-12-7-8-13(18)14(19)9-12/h3-9H,1-2H3,(H,20,21). The van der Waals surface area contributed by atoms with Crippen molar-refractivity contribution in [2.24, 2.45) is 0 Å². The predicted octanol–water partition coefficient (Wildman–Crippen LogP) is 4.53. The maximum Gasteiger partial charge on any atom is 0.234 e. The predicted molar refractivity (Wildman–Crippen MR) is 79.5 cm³/mol. The number of amides is 1. The van der Waals surface area contributed by atoms with Gasteiger partial charge in [-0.1, -0.05) is 23.7 Å². The molecule has 0 aliphatic carbocycles. The summed E-state index contributed by atoms with van der Waals surface area (Å²) in [5, 5.41) is 3.16. The van der Waals surface area contributed by atoms with Gasteiger partial charge in [0, 0.05) is 16.8 Å². The number of carbonyl (C=O) groups is 1. The maximum atomic E-state index is 13.2. The van der Waals surface area contributed by atoms with E-state index in [-0.39, 0.29) is 11.6 Å². The van der Waals surface area contributed by atoms with Crippen LogP contribution in [0.25, 0.3) is 0 Å². The van der Waals surface area contributed by atoms with Crippen LogP contribution in [0.5, 0.6) is 0 Å². The van der Waals surface area contributed by atoms with Crippen LogP contribution in [0.2, 0.25) is 5.02 Å². The van der Waals surface area contributed by atoms with Crippen LogP contribution < -0.4 is 5.32 Å². The summed E-state index contributed by atoms with van der Waals surface area (Å²) < 4.78 is 26.0. The Hall–Kier alpha value is -1.94. The number of benzene rings is 2. The highest BCUT2D eigenvalue weighted by Gasteiger charge is 2.29. The summed E-state index contributed by atoms with van der Waals surface area (Å²) in [5.41, 5.74) is 0.142. The average Bonchev–Trinajstić information content (AvgIpc) is 2.43. The van der Waals surface area contributed by atoms with Crippen LogP contribution in [0.1, 0.15) is 19.4 Å². The molecule has 0 aromatic heterocycles. The number of carbonyl (C=O) groups excluding carboxylic acids is 1. The Bertz CT molecular complexity index is 668. The number of rotatable bonds is 3. The average molecular weight is 310 g/mol. The molecule has 0 atom stereocenters. The molecule has 110 valence electrons. The highest BCUT2D eigenvalue weighted by atomic mass is 35.5. The van der Waals surface area contributed by atoms with Crippen molar-refractivity contribution < 1.29 is 13.6 Å². The number of anilines is 1. The van der Waals surface area contributed by atoms with Gasteiger partial charge in [0.2, 0.25) is 5.91 Å². The van der Waals surface area contributed by atoms with Crippen molar-refractivity contribution in [1.82, 2.24) is 0 Å². The van der Waals surface area contributed by atoms with Crippen molar-refractivity contribution in [3.8, 4) is 0 Å². The first kappa shape index (κ1) is 15.4. The first-order valence-corrected chi connectivity index (χ1v) is 6.71. The van der Waals surface area contributed by atoms with Crippen molar-refractivity contribution in [3.05, 3.63) is 64.7 Å². The van der Waals surface area contributed by atoms with E-state index in [0.717, 1.165) is 17.7 Å². The van der Waals surface area contributed by atoms with Crippen molar-refractivity contribution in [1.29, 1.82) is 0 Å². The SMILES string of the molecule is CC(C)(C(=O)Nc1ccc(F)c(F)c1)c1ccc(Cl)cc1. The summed E-state index contributed by atoms with van der Waals surface area (Å²) in [6, 6.07) is 10.1. The summed E-state index contributed by atoms with van der Waals surface area (Å²) in [6.45, 7) is 3.48. The number of hydrogen-bond acceptors (Lipinski definition) is 1. The van der Waals surface area contributed by atoms with E-state index >= 15 is 0 Å². The van der Waals surface area contributed by atoms with Crippen molar-refractivity contribution in [3.63, 3.8) is 0 Å². The van der Waals surface area contributed by atoms with E-state index in [4.69, 9.17) is 11.6 Å². The molecule has 0 aliphatic rings. The molecular formula is C16H14ClF2NO. The van der Waals surface area contributed by atoms with E-state index in [0.29, 0.717) is 5.02 Å². The lowest BCUT2D eigenvalue weighted by Gasteiger charge is -2.24. The minimum atomic E-state index is -1.00. The molecule has 5 heteroatoms. The van der Waals surface area contributed by atoms with Crippen molar-refractivity contribution >= 4 is 23.2 Å². The molecule has 0 unspecified atom stereocenters. The molecule has 21 heavy (non-hydrogen) atoms. The van der Waals surface area contributed by atoms with Gasteiger partial charge in [0.05, 0.1) is 5.41 Å². The molecule has 0 fully saturated rings. The lowest BCUT2D eigenvalue weighted by Crippen LogP contribution is -2.34. The van der Waals surface area contributed by atoms with Gasteiger partial charge in [-0.25, -0.2) is 8.78 Å². The van der Waals surface area contributed by atoms with Crippen LogP contribution >= 0.6 is 11.6 Å². The molecule has 2 aromatic rings. The second-order valence-electron chi connectivity index (χ2n) is 5.21. The molecule has 0 heterocycles. The normalized spacial score (nSPS) is 11.3. The van der Waals surface area contributed by atoms with Gasteiger partial charge in [0.25, 0.3) is 0 Å². The van der Waals surface area contributed by atoms with Crippen molar-refractivity contribution in [2.75, 3.05) is 5.32 Å². The quantitative estimate of drug-likeness (QED) is 0.886. The molecule has 0 saturated carbocycles. The summed E-state index contributed by atoms with van der Waals surface area (Å²) in [7, 11) is 0. The first-order valence-electron chi connectivity index (χ1n) is 6.33. The fourth-order valence-electron chi connectivity index (χ4n) is 1.86. The van der Waals surface area contributed by atoms with Gasteiger partial charge in [0.15, 0.2) is 11.6 Å². The van der Waals surface area contributed by atoms with Crippen molar-refractivity contribution in [2.45, 2.75) is 19.3 Å². The molecule has 2 aromatic carbocycles. The third-order valence-corrected chi connectivity index (χ3v) is 3.56. The molecule has 0 spiro atoms. The third-order valence-electron chi connectivity index (χ3n) is 3.31. The van der Waals surface area contributed by atoms with E-state index in [9.17, 15) is 13.6 Å². The summed E-state index contributed by atoms with van der Waals surface area (Å²) >= 11 is 5.83. The van der Waals surface area contributed by atoms with E-state index < -0.39 is 17.0 Å². The molecule has 1 amide bonds. The molecule has 0 bridgehead atoms. The minimum absolute atomic E-state index is 0.209. The number of nitrogens with one attached hydrogen (secondary N) is 1. The summed E-state index contributed by atoms with van der Waals surface area (Å²) in [5.74, 6) is -2.28. The monoisotopic (exact) mass is 309 g/mol. The largest absolute Gasteiger partial charge is 0.325 e. The maximum absolute atomic E-state index is 13.2. The molecule has 0 radical (unpaired) electrons. The van der Waals surface area contributed by atoms with Crippen LogP contribution in [0.4, 0.5) is 14.5 Å². The molecule has 1 N–H and O–H groups in total. The zero-order valence-electron chi connectivity index (χ0n) is 11.6. The minimum Gasteiger partial charge on any atom is -0.325 e. The Morgan fingerprint density at radius 1 is 1.05 bits per heavy atom. The number of halogens is 3. The molecule has 0 saturated heterocycles. The summed E-state index contributed by atoms with van der Waals surface area (Å²) in [6.07, 6.45) is 0. The van der Waals surface area contributed by atoms with Gasteiger partial charge in [-0.15, -0.1) is 0 Å². The molecule has 2 nitrogen and oxygen atoms in total. The fraction of sp³-hybridized carbons (Fsp3) is 0.188. The van der Waals surface area contributed by atoms with E-state index in [2.05, 4.69) is 5.32 Å². The Morgan fingerprint density at radius 3 is 2.24 bits per heavy atom. The second kappa shape index (κ2) is 5.82. The molecule has 2 rings (SSSR count). The lowest BCUT2D eigenvalue weighted by molar-refractivity contribution is -0.120. The van der Waals surface area contributed by atoms with Crippen LogP contribution in [0, 0.1) is 11.6 Å². The molecule has 0 aliphatic heterocycles. The van der Waals surface area contributed by atoms with Gasteiger partial charge >= 0.3 is 0 Å². The molecular weight excluding hydrogens is 296 g/mol. The van der Waals surface area contributed by atoms with E-state index in [1.54, 1.807) is 38.1 Å². The Balaban J connectivity index is 2.21. The highest BCUT2D eigenvalue weighted by Crippen LogP contribution is 2.26. The van der Waals surface area contributed by atoms with Crippen LogP contribution in [-0.2, 0) is 10.2 Å².